The molecular weight excluding hydrogens is 215 g/mol. The van der Waals surface area contributed by atoms with Crippen LogP contribution in [0.15, 0.2) is 24.4 Å². The molecule has 0 unspecified atom stereocenters. The molecule has 1 aliphatic rings. The zero-order valence-corrected chi connectivity index (χ0v) is 9.72. The number of fused-ring (bicyclic) bond motifs is 1. The van der Waals surface area contributed by atoms with Gasteiger partial charge in [-0.25, -0.2) is 0 Å². The van der Waals surface area contributed by atoms with Crippen molar-refractivity contribution in [2.24, 2.45) is 5.92 Å². The second kappa shape index (κ2) is 3.62. The van der Waals surface area contributed by atoms with Gasteiger partial charge in [-0.2, -0.15) is 0 Å². The van der Waals surface area contributed by atoms with Crippen LogP contribution in [0.4, 0.5) is 5.69 Å². The number of rotatable bonds is 3. The number of aromatic nitrogens is 1. The maximum Gasteiger partial charge on any atom is 0.269 e. The minimum atomic E-state index is -0.329. The highest BCUT2D eigenvalue weighted by Crippen LogP contribution is 2.32. The van der Waals surface area contributed by atoms with E-state index in [0.29, 0.717) is 0 Å². The predicted molar refractivity (Wildman–Crippen MR) is 69.5 cm³/mol. The van der Waals surface area contributed by atoms with E-state index < -0.39 is 0 Å². The van der Waals surface area contributed by atoms with E-state index in [1.807, 2.05) is 20.1 Å². The molecule has 1 fully saturated rings. The van der Waals surface area contributed by atoms with Crippen LogP contribution in [-0.2, 0) is 6.54 Å². The van der Waals surface area contributed by atoms with E-state index in [9.17, 15) is 10.1 Å². The molecule has 0 amide bonds. The van der Waals surface area contributed by atoms with Crippen LogP contribution >= 0.6 is 0 Å². The molecule has 0 bridgehead atoms. The zero-order chi connectivity index (χ0) is 12.0. The van der Waals surface area contributed by atoms with Gasteiger partial charge in [0.25, 0.3) is 5.69 Å². The van der Waals surface area contributed by atoms with Gasteiger partial charge in [-0.05, 0) is 24.8 Å². The van der Waals surface area contributed by atoms with Gasteiger partial charge < -0.3 is 4.57 Å². The average Bonchev–Trinajstić information content (AvgIpc) is 2.98. The molecule has 3 rings (SSSR count). The number of benzene rings is 1. The Morgan fingerprint density at radius 2 is 2.24 bits per heavy atom. The van der Waals surface area contributed by atoms with E-state index in [0.717, 1.165) is 28.8 Å². The van der Waals surface area contributed by atoms with Crippen molar-refractivity contribution in [1.29, 1.82) is 0 Å². The van der Waals surface area contributed by atoms with Crippen molar-refractivity contribution in [3.63, 3.8) is 0 Å². The van der Waals surface area contributed by atoms with Crippen molar-refractivity contribution >= 4 is 29.9 Å². The first kappa shape index (κ1) is 10.4. The molecule has 17 heavy (non-hydrogen) atoms. The summed E-state index contributed by atoms with van der Waals surface area (Å²) in [4.78, 5) is 10.5. The first-order valence-electron chi connectivity index (χ1n) is 5.89. The smallest absolute Gasteiger partial charge is 0.269 e. The fourth-order valence-electron chi connectivity index (χ4n) is 2.39. The molecule has 0 spiro atoms. The molecule has 0 saturated heterocycles. The molecule has 1 heterocycles. The van der Waals surface area contributed by atoms with E-state index in [-0.39, 0.29) is 10.6 Å². The Hall–Kier alpha value is -1.78. The Balaban J connectivity index is 2.11. The van der Waals surface area contributed by atoms with Gasteiger partial charge in [0.1, 0.15) is 7.85 Å². The van der Waals surface area contributed by atoms with Crippen molar-refractivity contribution in [2.45, 2.75) is 19.4 Å². The van der Waals surface area contributed by atoms with Gasteiger partial charge in [0.05, 0.1) is 4.92 Å². The van der Waals surface area contributed by atoms with E-state index in [2.05, 4.69) is 4.57 Å². The summed E-state index contributed by atoms with van der Waals surface area (Å²) in [5, 5.41) is 11.8. The molecule has 0 N–H and O–H groups in total. The second-order valence-electron chi connectivity index (χ2n) is 4.87. The summed E-state index contributed by atoms with van der Waals surface area (Å²) in [6, 6.07) is 5.29. The Labute approximate surface area is 99.8 Å². The first-order chi connectivity index (χ1) is 8.15. The third-order valence-electron chi connectivity index (χ3n) is 3.40. The third kappa shape index (κ3) is 1.81. The van der Waals surface area contributed by atoms with E-state index in [4.69, 9.17) is 0 Å². The molecule has 1 aliphatic carbocycles. The van der Waals surface area contributed by atoms with Crippen LogP contribution in [0.5, 0.6) is 0 Å². The fourth-order valence-corrected chi connectivity index (χ4v) is 2.39. The van der Waals surface area contributed by atoms with Crippen LogP contribution < -0.4 is 5.46 Å². The van der Waals surface area contributed by atoms with E-state index in [1.165, 1.54) is 12.8 Å². The summed E-state index contributed by atoms with van der Waals surface area (Å²) in [6.45, 7) is 1.04. The van der Waals surface area contributed by atoms with Gasteiger partial charge in [0.15, 0.2) is 0 Å². The summed E-state index contributed by atoms with van der Waals surface area (Å²) in [5.41, 5.74) is 2.31. The number of non-ortho nitro benzene ring substituents is 1. The molecule has 0 atom stereocenters. The largest absolute Gasteiger partial charge is 0.348 e. The quantitative estimate of drug-likeness (QED) is 0.450. The van der Waals surface area contributed by atoms with Gasteiger partial charge in [-0.3, -0.25) is 10.1 Å². The Morgan fingerprint density at radius 3 is 2.88 bits per heavy atom. The number of nitro groups is 1. The highest BCUT2D eigenvalue weighted by Gasteiger charge is 2.22. The van der Waals surface area contributed by atoms with E-state index in [1.54, 1.807) is 12.1 Å². The highest BCUT2D eigenvalue weighted by molar-refractivity contribution is 6.38. The van der Waals surface area contributed by atoms with Gasteiger partial charge in [0.2, 0.25) is 0 Å². The maximum atomic E-state index is 10.8. The summed E-state index contributed by atoms with van der Waals surface area (Å²) in [7, 11) is 1.94. The first-order valence-corrected chi connectivity index (χ1v) is 5.89. The molecular formula is C12H13BN2O2. The monoisotopic (exact) mass is 228 g/mol. The van der Waals surface area contributed by atoms with Crippen molar-refractivity contribution < 1.29 is 4.92 Å². The van der Waals surface area contributed by atoms with Gasteiger partial charge in [0, 0.05) is 35.8 Å². The van der Waals surface area contributed by atoms with Gasteiger partial charge in [-0.1, -0.05) is 5.46 Å². The van der Waals surface area contributed by atoms with Crippen LogP contribution in [0.1, 0.15) is 12.8 Å². The summed E-state index contributed by atoms with van der Waals surface area (Å²) >= 11 is 0. The fraction of sp³-hybridized carbons (Fsp3) is 0.333. The lowest BCUT2D eigenvalue weighted by Gasteiger charge is -2.06. The predicted octanol–water partition coefficient (Wildman–Crippen LogP) is 1.22. The Morgan fingerprint density at radius 1 is 1.47 bits per heavy atom. The van der Waals surface area contributed by atoms with Crippen LogP contribution in [-0.4, -0.2) is 17.3 Å². The SMILES string of the molecule is Bc1cc([N+](=O)[O-])cc2ccn(CC3CC3)c12. The number of nitrogens with zero attached hydrogens (tertiary/aromatic N) is 2. The molecule has 1 aromatic carbocycles. The van der Waals surface area contributed by atoms with Crippen LogP contribution in [0.25, 0.3) is 10.9 Å². The van der Waals surface area contributed by atoms with Crippen molar-refractivity contribution in [2.75, 3.05) is 0 Å². The molecule has 1 aromatic heterocycles. The topological polar surface area (TPSA) is 48.1 Å². The lowest BCUT2D eigenvalue weighted by molar-refractivity contribution is -0.384. The summed E-state index contributed by atoms with van der Waals surface area (Å²) in [6.07, 6.45) is 4.66. The average molecular weight is 228 g/mol. The molecule has 0 radical (unpaired) electrons. The number of hydrogen-bond donors (Lipinski definition) is 0. The molecule has 0 aliphatic heterocycles. The van der Waals surface area contributed by atoms with Crippen molar-refractivity contribution in [1.82, 2.24) is 4.57 Å². The second-order valence-corrected chi connectivity index (χ2v) is 4.87. The standard InChI is InChI=1S/C12H13BN2O2/c13-11-6-10(15(16)17)5-9-3-4-14(12(9)11)7-8-1-2-8/h3-6,8H,1-2,7,13H2. The summed E-state index contributed by atoms with van der Waals surface area (Å²) < 4.78 is 2.23. The van der Waals surface area contributed by atoms with Crippen LogP contribution in [0.3, 0.4) is 0 Å². The van der Waals surface area contributed by atoms with Gasteiger partial charge in [-0.15, -0.1) is 0 Å². The lowest BCUT2D eigenvalue weighted by atomic mass is 9.93. The molecule has 1 saturated carbocycles. The lowest BCUT2D eigenvalue weighted by Crippen LogP contribution is -2.11. The third-order valence-corrected chi connectivity index (χ3v) is 3.40. The molecule has 5 heteroatoms. The minimum Gasteiger partial charge on any atom is -0.348 e. The van der Waals surface area contributed by atoms with Crippen LogP contribution in [0, 0.1) is 16.0 Å². The van der Waals surface area contributed by atoms with Crippen molar-refractivity contribution in [3.8, 4) is 0 Å². The summed E-state index contributed by atoms with van der Waals surface area (Å²) in [5.74, 6) is 0.806. The van der Waals surface area contributed by atoms with Crippen LogP contribution in [0.2, 0.25) is 0 Å². The Bertz CT molecular complexity index is 602. The molecule has 4 nitrogen and oxygen atoms in total. The van der Waals surface area contributed by atoms with Crippen molar-refractivity contribution in [3.05, 3.63) is 34.5 Å². The number of hydrogen-bond acceptors (Lipinski definition) is 2. The Kier molecular flexibility index (Phi) is 2.21. The van der Waals surface area contributed by atoms with Gasteiger partial charge >= 0.3 is 0 Å². The van der Waals surface area contributed by atoms with E-state index >= 15 is 0 Å². The normalized spacial score (nSPS) is 15.3. The number of nitro benzene ring substituents is 1. The molecule has 2 aromatic rings. The maximum absolute atomic E-state index is 10.8. The molecule has 86 valence electrons. The minimum absolute atomic E-state index is 0.180. The highest BCUT2D eigenvalue weighted by atomic mass is 16.6. The zero-order valence-electron chi connectivity index (χ0n) is 9.72.